The molecule has 0 saturated carbocycles. The molecule has 1 heterocycles. The molecule has 0 amide bonds. The Morgan fingerprint density at radius 3 is 2.94 bits per heavy atom. The van der Waals surface area contributed by atoms with Crippen molar-refractivity contribution in [1.82, 2.24) is 10.3 Å². The first kappa shape index (κ1) is 12.0. The third kappa shape index (κ3) is 3.01. The number of benzene rings is 1. The molecule has 3 nitrogen and oxygen atoms in total. The average Bonchev–Trinajstić information content (AvgIpc) is 2.70. The van der Waals surface area contributed by atoms with Gasteiger partial charge in [0.25, 0.3) is 0 Å². The van der Waals surface area contributed by atoms with Crippen LogP contribution in [0, 0.1) is 12.7 Å². The minimum atomic E-state index is -0.585. The molecule has 17 heavy (non-hydrogen) atoms. The summed E-state index contributed by atoms with van der Waals surface area (Å²) in [4.78, 5) is 5.27. The second kappa shape index (κ2) is 5.25. The Hall–Kier alpha value is -1.46. The molecule has 1 aromatic heterocycles. The van der Waals surface area contributed by atoms with E-state index < -0.39 is 5.82 Å². The summed E-state index contributed by atoms with van der Waals surface area (Å²) >= 11 is 1.62. The van der Waals surface area contributed by atoms with Gasteiger partial charge in [0.15, 0.2) is 11.6 Å². The van der Waals surface area contributed by atoms with E-state index in [2.05, 4.69) is 10.3 Å². The molecular formula is C12H13FN2OS. The van der Waals surface area contributed by atoms with E-state index in [4.69, 9.17) is 0 Å². The number of para-hydroxylation sites is 1. The molecule has 0 spiro atoms. The molecule has 0 radical (unpaired) electrons. The van der Waals surface area contributed by atoms with Gasteiger partial charge in [-0.2, -0.15) is 0 Å². The molecule has 0 fully saturated rings. The third-order valence-electron chi connectivity index (χ3n) is 2.35. The first-order chi connectivity index (χ1) is 8.16. The highest BCUT2D eigenvalue weighted by Gasteiger charge is 2.06. The topological polar surface area (TPSA) is 45.2 Å². The van der Waals surface area contributed by atoms with Crippen molar-refractivity contribution in [2.75, 3.05) is 0 Å². The third-order valence-corrected chi connectivity index (χ3v) is 3.27. The van der Waals surface area contributed by atoms with Crippen LogP contribution in [-0.4, -0.2) is 10.1 Å². The van der Waals surface area contributed by atoms with E-state index in [0.29, 0.717) is 18.7 Å². The number of aromatic nitrogens is 1. The number of thiazole rings is 1. The summed E-state index contributed by atoms with van der Waals surface area (Å²) in [6.07, 6.45) is 1.82. The Kier molecular flexibility index (Phi) is 3.71. The maximum absolute atomic E-state index is 13.0. The van der Waals surface area contributed by atoms with Gasteiger partial charge in [0, 0.05) is 29.7 Å². The standard InChI is InChI=1S/C12H13FN2OS/c1-8-15-7-10(17-8)6-14-5-9-3-2-4-11(13)12(9)16/h2-4,7,14,16H,5-6H2,1H3. The quantitative estimate of drug-likeness (QED) is 0.879. The lowest BCUT2D eigenvalue weighted by Crippen LogP contribution is -2.12. The number of hydrogen-bond acceptors (Lipinski definition) is 4. The van der Waals surface area contributed by atoms with Gasteiger partial charge in [-0.15, -0.1) is 11.3 Å². The Morgan fingerprint density at radius 2 is 2.24 bits per heavy atom. The van der Waals surface area contributed by atoms with Gasteiger partial charge >= 0.3 is 0 Å². The molecule has 0 atom stereocenters. The van der Waals surface area contributed by atoms with Crippen LogP contribution in [0.5, 0.6) is 5.75 Å². The molecule has 0 saturated heterocycles. The minimum absolute atomic E-state index is 0.277. The molecule has 2 rings (SSSR count). The lowest BCUT2D eigenvalue weighted by Gasteiger charge is -2.06. The van der Waals surface area contributed by atoms with Crippen molar-refractivity contribution >= 4 is 11.3 Å². The number of nitrogens with one attached hydrogen (secondary N) is 1. The van der Waals surface area contributed by atoms with Crippen molar-refractivity contribution in [3.05, 3.63) is 45.7 Å². The fourth-order valence-electron chi connectivity index (χ4n) is 1.51. The number of aryl methyl sites for hydroxylation is 1. The van der Waals surface area contributed by atoms with Crippen LogP contribution >= 0.6 is 11.3 Å². The Labute approximate surface area is 103 Å². The molecular weight excluding hydrogens is 239 g/mol. The van der Waals surface area contributed by atoms with Crippen molar-refractivity contribution in [2.24, 2.45) is 0 Å². The minimum Gasteiger partial charge on any atom is -0.505 e. The van der Waals surface area contributed by atoms with Crippen LogP contribution < -0.4 is 5.32 Å². The van der Waals surface area contributed by atoms with Crippen molar-refractivity contribution < 1.29 is 9.50 Å². The molecule has 90 valence electrons. The molecule has 2 N–H and O–H groups in total. The highest BCUT2D eigenvalue weighted by atomic mass is 32.1. The molecule has 0 unspecified atom stereocenters. The number of halogens is 1. The molecule has 0 bridgehead atoms. The van der Waals surface area contributed by atoms with Gasteiger partial charge in [0.05, 0.1) is 5.01 Å². The zero-order chi connectivity index (χ0) is 12.3. The zero-order valence-corrected chi connectivity index (χ0v) is 10.2. The van der Waals surface area contributed by atoms with Crippen LogP contribution in [-0.2, 0) is 13.1 Å². The van der Waals surface area contributed by atoms with Gasteiger partial charge < -0.3 is 10.4 Å². The number of rotatable bonds is 4. The van der Waals surface area contributed by atoms with Crippen LogP contribution in [0.15, 0.2) is 24.4 Å². The highest BCUT2D eigenvalue weighted by Crippen LogP contribution is 2.20. The van der Waals surface area contributed by atoms with E-state index in [1.165, 1.54) is 6.07 Å². The van der Waals surface area contributed by atoms with E-state index in [1.54, 1.807) is 23.5 Å². The van der Waals surface area contributed by atoms with Gasteiger partial charge in [-0.1, -0.05) is 12.1 Å². The van der Waals surface area contributed by atoms with Crippen LogP contribution in [0.25, 0.3) is 0 Å². The summed E-state index contributed by atoms with van der Waals surface area (Å²) in [6, 6.07) is 4.53. The Balaban J connectivity index is 1.92. The molecule has 1 aromatic carbocycles. The van der Waals surface area contributed by atoms with Crippen molar-refractivity contribution in [3.8, 4) is 5.75 Å². The second-order valence-corrected chi connectivity index (χ2v) is 5.02. The van der Waals surface area contributed by atoms with Gasteiger partial charge in [-0.3, -0.25) is 0 Å². The largest absolute Gasteiger partial charge is 0.505 e. The SMILES string of the molecule is Cc1ncc(CNCc2cccc(F)c2O)s1. The van der Waals surface area contributed by atoms with E-state index in [-0.39, 0.29) is 5.75 Å². The van der Waals surface area contributed by atoms with Gasteiger partial charge in [0.2, 0.25) is 0 Å². The number of phenolic OH excluding ortho intramolecular Hbond substituents is 1. The second-order valence-electron chi connectivity index (χ2n) is 3.70. The summed E-state index contributed by atoms with van der Waals surface area (Å²) in [5.74, 6) is -0.863. The molecule has 0 aliphatic carbocycles. The number of aromatic hydroxyl groups is 1. The van der Waals surface area contributed by atoms with Crippen molar-refractivity contribution in [2.45, 2.75) is 20.0 Å². The van der Waals surface area contributed by atoms with Gasteiger partial charge in [-0.05, 0) is 13.0 Å². The summed E-state index contributed by atoms with van der Waals surface area (Å²) in [6.45, 7) is 3.05. The fraction of sp³-hybridized carbons (Fsp3) is 0.250. The molecule has 0 aliphatic heterocycles. The van der Waals surface area contributed by atoms with Crippen LogP contribution in [0.2, 0.25) is 0 Å². The average molecular weight is 252 g/mol. The van der Waals surface area contributed by atoms with Crippen molar-refractivity contribution in [3.63, 3.8) is 0 Å². The molecule has 5 heteroatoms. The Bertz CT molecular complexity index is 513. The van der Waals surface area contributed by atoms with Gasteiger partial charge in [0.1, 0.15) is 0 Å². The summed E-state index contributed by atoms with van der Waals surface area (Å²) in [5.41, 5.74) is 0.561. The zero-order valence-electron chi connectivity index (χ0n) is 9.40. The maximum atomic E-state index is 13.0. The lowest BCUT2D eigenvalue weighted by atomic mass is 10.2. The summed E-state index contributed by atoms with van der Waals surface area (Å²) < 4.78 is 13.0. The Morgan fingerprint density at radius 1 is 1.41 bits per heavy atom. The predicted molar refractivity (Wildman–Crippen MR) is 65.5 cm³/mol. The maximum Gasteiger partial charge on any atom is 0.165 e. The predicted octanol–water partition coefficient (Wildman–Crippen LogP) is 2.59. The van der Waals surface area contributed by atoms with Crippen LogP contribution in [0.1, 0.15) is 15.4 Å². The molecule has 0 aliphatic rings. The first-order valence-electron chi connectivity index (χ1n) is 5.25. The number of phenols is 1. The van der Waals surface area contributed by atoms with Crippen LogP contribution in [0.3, 0.4) is 0 Å². The van der Waals surface area contributed by atoms with Gasteiger partial charge in [-0.25, -0.2) is 9.37 Å². The normalized spacial score (nSPS) is 10.7. The fourth-order valence-corrected chi connectivity index (χ4v) is 2.27. The monoisotopic (exact) mass is 252 g/mol. The highest BCUT2D eigenvalue weighted by molar-refractivity contribution is 7.11. The summed E-state index contributed by atoms with van der Waals surface area (Å²) in [5, 5.41) is 13.6. The van der Waals surface area contributed by atoms with E-state index >= 15 is 0 Å². The van der Waals surface area contributed by atoms with E-state index in [1.807, 2.05) is 13.1 Å². The van der Waals surface area contributed by atoms with Crippen LogP contribution in [0.4, 0.5) is 4.39 Å². The number of hydrogen-bond donors (Lipinski definition) is 2. The van der Waals surface area contributed by atoms with Crippen molar-refractivity contribution in [1.29, 1.82) is 0 Å². The number of nitrogens with zero attached hydrogens (tertiary/aromatic N) is 1. The smallest absolute Gasteiger partial charge is 0.165 e. The molecule has 2 aromatic rings. The van der Waals surface area contributed by atoms with E-state index in [9.17, 15) is 9.50 Å². The lowest BCUT2D eigenvalue weighted by molar-refractivity contribution is 0.423. The summed E-state index contributed by atoms with van der Waals surface area (Å²) in [7, 11) is 0. The van der Waals surface area contributed by atoms with E-state index in [0.717, 1.165) is 9.88 Å². The first-order valence-corrected chi connectivity index (χ1v) is 6.07.